The molecule has 0 N–H and O–H groups in total. The SMILES string of the molecule is COc1c(C)c(C)c(Br)c(CCC2(C)OCCO2)c1C. The van der Waals surface area contributed by atoms with Crippen LogP contribution in [0.1, 0.15) is 35.6 Å². The Morgan fingerprint density at radius 3 is 2.25 bits per heavy atom. The van der Waals surface area contributed by atoms with Crippen LogP contribution in [-0.2, 0) is 15.9 Å². The maximum Gasteiger partial charge on any atom is 0.166 e. The van der Waals surface area contributed by atoms with Crippen molar-refractivity contribution >= 4 is 15.9 Å². The molecule has 20 heavy (non-hydrogen) atoms. The summed E-state index contributed by atoms with van der Waals surface area (Å²) in [5, 5.41) is 0. The van der Waals surface area contributed by atoms with Gasteiger partial charge in [-0.2, -0.15) is 0 Å². The van der Waals surface area contributed by atoms with Gasteiger partial charge in [0.15, 0.2) is 5.79 Å². The summed E-state index contributed by atoms with van der Waals surface area (Å²) >= 11 is 3.74. The zero-order valence-electron chi connectivity index (χ0n) is 12.9. The van der Waals surface area contributed by atoms with Crippen molar-refractivity contribution in [3.63, 3.8) is 0 Å². The molecule has 0 saturated carbocycles. The monoisotopic (exact) mass is 342 g/mol. The average molecular weight is 343 g/mol. The molecule has 0 aromatic heterocycles. The minimum atomic E-state index is -0.447. The van der Waals surface area contributed by atoms with Crippen molar-refractivity contribution in [3.8, 4) is 5.75 Å². The first-order valence-corrected chi connectivity index (χ1v) is 7.79. The van der Waals surface area contributed by atoms with Gasteiger partial charge in [-0.1, -0.05) is 15.9 Å². The fourth-order valence-corrected chi connectivity index (χ4v) is 3.59. The molecule has 0 radical (unpaired) electrons. The van der Waals surface area contributed by atoms with Crippen molar-refractivity contribution in [1.29, 1.82) is 0 Å². The van der Waals surface area contributed by atoms with Crippen molar-refractivity contribution in [2.45, 2.75) is 46.3 Å². The molecule has 0 spiro atoms. The molecular weight excluding hydrogens is 320 g/mol. The first kappa shape index (κ1) is 15.8. The lowest BCUT2D eigenvalue weighted by Gasteiger charge is -2.24. The largest absolute Gasteiger partial charge is 0.496 e. The number of rotatable bonds is 4. The lowest BCUT2D eigenvalue weighted by Crippen LogP contribution is -2.26. The Bertz CT molecular complexity index is 505. The molecule has 1 aliphatic rings. The Morgan fingerprint density at radius 1 is 1.10 bits per heavy atom. The maximum absolute atomic E-state index is 5.68. The molecule has 0 aliphatic carbocycles. The molecule has 112 valence electrons. The smallest absolute Gasteiger partial charge is 0.166 e. The molecule has 1 aliphatic heterocycles. The second-order valence-corrected chi connectivity index (χ2v) is 6.32. The van der Waals surface area contributed by atoms with Crippen LogP contribution in [0.5, 0.6) is 5.75 Å². The molecule has 0 atom stereocenters. The third-order valence-electron chi connectivity index (χ3n) is 4.22. The van der Waals surface area contributed by atoms with Crippen LogP contribution in [-0.4, -0.2) is 26.1 Å². The van der Waals surface area contributed by atoms with Crippen molar-refractivity contribution < 1.29 is 14.2 Å². The predicted octanol–water partition coefficient (Wildman–Crippen LogP) is 4.08. The molecule has 1 aromatic carbocycles. The van der Waals surface area contributed by atoms with E-state index in [2.05, 4.69) is 36.7 Å². The second-order valence-electron chi connectivity index (χ2n) is 5.53. The van der Waals surface area contributed by atoms with Crippen molar-refractivity contribution in [3.05, 3.63) is 26.7 Å². The minimum absolute atomic E-state index is 0.447. The Balaban J connectivity index is 2.29. The molecule has 0 unspecified atom stereocenters. The summed E-state index contributed by atoms with van der Waals surface area (Å²) in [5.74, 6) is 0.539. The summed E-state index contributed by atoms with van der Waals surface area (Å²) in [6, 6.07) is 0. The van der Waals surface area contributed by atoms with E-state index in [1.807, 2.05) is 6.92 Å². The van der Waals surface area contributed by atoms with Crippen LogP contribution in [0.15, 0.2) is 4.47 Å². The highest BCUT2D eigenvalue weighted by Crippen LogP contribution is 2.37. The van der Waals surface area contributed by atoms with Crippen molar-refractivity contribution in [1.82, 2.24) is 0 Å². The average Bonchev–Trinajstić information content (AvgIpc) is 2.84. The van der Waals surface area contributed by atoms with E-state index in [0.29, 0.717) is 13.2 Å². The van der Waals surface area contributed by atoms with Crippen LogP contribution in [0.3, 0.4) is 0 Å². The summed E-state index contributed by atoms with van der Waals surface area (Å²) in [4.78, 5) is 0. The molecule has 0 bridgehead atoms. The number of halogens is 1. The van der Waals surface area contributed by atoms with Crippen molar-refractivity contribution in [2.75, 3.05) is 20.3 Å². The summed E-state index contributed by atoms with van der Waals surface area (Å²) in [6.07, 6.45) is 1.75. The van der Waals surface area contributed by atoms with Gasteiger partial charge in [0.05, 0.1) is 20.3 Å². The standard InChI is InChI=1S/C16H23BrO3/c1-10-11(2)15(18-5)12(3)13(14(10)17)6-7-16(4)19-8-9-20-16/h6-9H2,1-5H3. The first-order chi connectivity index (χ1) is 9.39. The van der Waals surface area contributed by atoms with E-state index in [4.69, 9.17) is 14.2 Å². The molecule has 1 fully saturated rings. The van der Waals surface area contributed by atoms with Gasteiger partial charge in [0, 0.05) is 10.9 Å². The number of hydrogen-bond acceptors (Lipinski definition) is 3. The van der Waals surface area contributed by atoms with Crippen LogP contribution in [0.25, 0.3) is 0 Å². The number of benzene rings is 1. The van der Waals surface area contributed by atoms with Crippen LogP contribution >= 0.6 is 15.9 Å². The summed E-state index contributed by atoms with van der Waals surface area (Å²) in [6.45, 7) is 9.72. The highest BCUT2D eigenvalue weighted by Gasteiger charge is 2.31. The van der Waals surface area contributed by atoms with Gasteiger partial charge in [-0.3, -0.25) is 0 Å². The Kier molecular flexibility index (Phi) is 4.77. The van der Waals surface area contributed by atoms with Crippen LogP contribution < -0.4 is 4.74 Å². The van der Waals surface area contributed by atoms with E-state index in [-0.39, 0.29) is 0 Å². The molecule has 0 amide bonds. The molecule has 4 heteroatoms. The molecule has 1 aromatic rings. The number of hydrogen-bond donors (Lipinski definition) is 0. The van der Waals surface area contributed by atoms with E-state index in [9.17, 15) is 0 Å². The number of methoxy groups -OCH3 is 1. The van der Waals surface area contributed by atoms with Gasteiger partial charge in [0.2, 0.25) is 0 Å². The first-order valence-electron chi connectivity index (χ1n) is 6.99. The van der Waals surface area contributed by atoms with Gasteiger partial charge >= 0.3 is 0 Å². The maximum atomic E-state index is 5.68. The molecular formula is C16H23BrO3. The zero-order chi connectivity index (χ0) is 14.9. The van der Waals surface area contributed by atoms with E-state index in [0.717, 1.165) is 18.6 Å². The fraction of sp³-hybridized carbons (Fsp3) is 0.625. The van der Waals surface area contributed by atoms with Gasteiger partial charge in [-0.25, -0.2) is 0 Å². The highest BCUT2D eigenvalue weighted by molar-refractivity contribution is 9.10. The molecule has 3 nitrogen and oxygen atoms in total. The lowest BCUT2D eigenvalue weighted by molar-refractivity contribution is -0.146. The van der Waals surface area contributed by atoms with Gasteiger partial charge < -0.3 is 14.2 Å². The van der Waals surface area contributed by atoms with E-state index < -0.39 is 5.79 Å². The van der Waals surface area contributed by atoms with E-state index in [1.54, 1.807) is 7.11 Å². The third-order valence-corrected chi connectivity index (χ3v) is 5.30. The number of ether oxygens (including phenoxy) is 3. The van der Waals surface area contributed by atoms with Gasteiger partial charge in [-0.05, 0) is 56.4 Å². The van der Waals surface area contributed by atoms with Crippen LogP contribution in [0.4, 0.5) is 0 Å². The van der Waals surface area contributed by atoms with Gasteiger partial charge in [0.25, 0.3) is 0 Å². The quantitative estimate of drug-likeness (QED) is 0.825. The summed E-state index contributed by atoms with van der Waals surface area (Å²) < 4.78 is 18.1. The lowest BCUT2D eigenvalue weighted by atomic mass is 9.95. The van der Waals surface area contributed by atoms with E-state index >= 15 is 0 Å². The van der Waals surface area contributed by atoms with Gasteiger partial charge in [0.1, 0.15) is 5.75 Å². The predicted molar refractivity (Wildman–Crippen MR) is 83.5 cm³/mol. The molecule has 1 heterocycles. The van der Waals surface area contributed by atoms with Crippen LogP contribution in [0, 0.1) is 20.8 Å². The minimum Gasteiger partial charge on any atom is -0.496 e. The summed E-state index contributed by atoms with van der Waals surface area (Å²) in [7, 11) is 1.73. The molecule has 2 rings (SSSR count). The summed E-state index contributed by atoms with van der Waals surface area (Å²) in [5.41, 5.74) is 4.91. The molecule has 1 saturated heterocycles. The third kappa shape index (κ3) is 2.87. The Morgan fingerprint density at radius 2 is 1.70 bits per heavy atom. The van der Waals surface area contributed by atoms with E-state index in [1.165, 1.54) is 26.7 Å². The second kappa shape index (κ2) is 6.04. The fourth-order valence-electron chi connectivity index (χ4n) is 2.80. The topological polar surface area (TPSA) is 27.7 Å². The van der Waals surface area contributed by atoms with Crippen LogP contribution in [0.2, 0.25) is 0 Å². The Hall–Kier alpha value is -0.580. The van der Waals surface area contributed by atoms with Gasteiger partial charge in [-0.15, -0.1) is 0 Å². The van der Waals surface area contributed by atoms with Crippen molar-refractivity contribution in [2.24, 2.45) is 0 Å². The highest BCUT2D eigenvalue weighted by atomic mass is 79.9. The Labute approximate surface area is 129 Å². The zero-order valence-corrected chi connectivity index (χ0v) is 14.5. The normalized spacial score (nSPS) is 17.5.